The van der Waals surface area contributed by atoms with Crippen LogP contribution in [-0.4, -0.2) is 13.1 Å². The zero-order valence-electron chi connectivity index (χ0n) is 9.79. The molecule has 1 nitrogen and oxygen atoms in total. The molecule has 1 aliphatic rings. The Balaban J connectivity index is 2.15. The predicted octanol–water partition coefficient (Wildman–Crippen LogP) is 3.11. The number of rotatable bonds is 4. The van der Waals surface area contributed by atoms with Crippen LogP contribution >= 0.6 is 0 Å². The average molecular weight is 203 g/mol. The first-order valence-electron chi connectivity index (χ1n) is 6.03. The van der Waals surface area contributed by atoms with E-state index in [1.807, 2.05) is 0 Å². The van der Waals surface area contributed by atoms with Crippen LogP contribution in [0.1, 0.15) is 38.2 Å². The molecule has 1 aromatic carbocycles. The van der Waals surface area contributed by atoms with E-state index in [2.05, 4.69) is 49.6 Å². The Hall–Kier alpha value is -0.820. The average Bonchev–Trinajstić information content (AvgIpc) is 2.24. The van der Waals surface area contributed by atoms with Gasteiger partial charge in [0.15, 0.2) is 0 Å². The van der Waals surface area contributed by atoms with Crippen LogP contribution in [0.15, 0.2) is 30.3 Å². The van der Waals surface area contributed by atoms with E-state index in [0.717, 1.165) is 6.04 Å². The van der Waals surface area contributed by atoms with Crippen LogP contribution in [0, 0.1) is 0 Å². The highest BCUT2D eigenvalue weighted by Crippen LogP contribution is 2.47. The predicted molar refractivity (Wildman–Crippen MR) is 65.1 cm³/mol. The normalized spacial score (nSPS) is 29.9. The summed E-state index contributed by atoms with van der Waals surface area (Å²) in [7, 11) is 2.07. The lowest BCUT2D eigenvalue weighted by Crippen LogP contribution is -2.50. The summed E-state index contributed by atoms with van der Waals surface area (Å²) in [6, 6.07) is 11.8. The fraction of sp³-hybridized carbons (Fsp3) is 0.571. The maximum Gasteiger partial charge on any atom is 0.00810 e. The van der Waals surface area contributed by atoms with E-state index in [0.29, 0.717) is 5.41 Å². The molecule has 0 amide bonds. The first-order chi connectivity index (χ1) is 7.30. The van der Waals surface area contributed by atoms with Crippen LogP contribution in [0.3, 0.4) is 0 Å². The topological polar surface area (TPSA) is 12.0 Å². The molecule has 0 saturated heterocycles. The summed E-state index contributed by atoms with van der Waals surface area (Å²) in [5, 5.41) is 3.38. The van der Waals surface area contributed by atoms with Gasteiger partial charge in [0.05, 0.1) is 0 Å². The molecule has 1 N–H and O–H groups in total. The highest BCUT2D eigenvalue weighted by atomic mass is 14.9. The van der Waals surface area contributed by atoms with Crippen LogP contribution in [-0.2, 0) is 5.41 Å². The third-order valence-electron chi connectivity index (χ3n) is 3.80. The van der Waals surface area contributed by atoms with Gasteiger partial charge in [-0.15, -0.1) is 0 Å². The van der Waals surface area contributed by atoms with Gasteiger partial charge in [0, 0.05) is 6.04 Å². The van der Waals surface area contributed by atoms with Crippen molar-refractivity contribution >= 4 is 0 Å². The van der Waals surface area contributed by atoms with Gasteiger partial charge < -0.3 is 5.32 Å². The quantitative estimate of drug-likeness (QED) is 0.793. The Morgan fingerprint density at radius 1 is 1.27 bits per heavy atom. The fourth-order valence-electron chi connectivity index (χ4n) is 2.94. The van der Waals surface area contributed by atoms with Gasteiger partial charge in [-0.25, -0.2) is 0 Å². The first kappa shape index (κ1) is 10.7. The third kappa shape index (κ3) is 1.93. The molecule has 1 heteroatoms. The van der Waals surface area contributed by atoms with Crippen molar-refractivity contribution in [2.75, 3.05) is 7.05 Å². The Labute approximate surface area is 92.9 Å². The zero-order chi connectivity index (χ0) is 10.7. The summed E-state index contributed by atoms with van der Waals surface area (Å²) in [4.78, 5) is 0. The molecular weight excluding hydrogens is 182 g/mol. The summed E-state index contributed by atoms with van der Waals surface area (Å²) in [6.07, 6.45) is 5.23. The van der Waals surface area contributed by atoms with E-state index in [4.69, 9.17) is 0 Å². The highest BCUT2D eigenvalue weighted by molar-refractivity contribution is 5.29. The monoisotopic (exact) mass is 203 g/mol. The molecule has 0 bridgehead atoms. The highest BCUT2D eigenvalue weighted by Gasteiger charge is 2.43. The molecule has 2 rings (SSSR count). The number of benzene rings is 1. The molecule has 1 aliphatic carbocycles. The summed E-state index contributed by atoms with van der Waals surface area (Å²) in [6.45, 7) is 2.29. The van der Waals surface area contributed by atoms with Gasteiger partial charge in [0.25, 0.3) is 0 Å². The van der Waals surface area contributed by atoms with Crippen LogP contribution < -0.4 is 5.32 Å². The number of hydrogen-bond acceptors (Lipinski definition) is 1. The summed E-state index contributed by atoms with van der Waals surface area (Å²) in [5.41, 5.74) is 2.02. The van der Waals surface area contributed by atoms with Gasteiger partial charge in [0.2, 0.25) is 0 Å². The maximum atomic E-state index is 3.38. The summed E-state index contributed by atoms with van der Waals surface area (Å²) < 4.78 is 0. The minimum atomic E-state index is 0.476. The van der Waals surface area contributed by atoms with Crippen molar-refractivity contribution in [3.8, 4) is 0 Å². The van der Waals surface area contributed by atoms with E-state index in [9.17, 15) is 0 Å². The van der Waals surface area contributed by atoms with E-state index in [1.165, 1.54) is 25.7 Å². The standard InChI is InChI=1S/C14H21N/c1-3-9-14(10-13(11-14)15-2)12-7-5-4-6-8-12/h4-8,13,15H,3,9-11H2,1-2H3. The van der Waals surface area contributed by atoms with Gasteiger partial charge in [-0.2, -0.15) is 0 Å². The molecule has 1 saturated carbocycles. The van der Waals surface area contributed by atoms with Gasteiger partial charge >= 0.3 is 0 Å². The molecule has 0 spiro atoms. The fourth-order valence-corrected chi connectivity index (χ4v) is 2.94. The molecule has 0 heterocycles. The lowest BCUT2D eigenvalue weighted by Gasteiger charge is -2.48. The summed E-state index contributed by atoms with van der Waals surface area (Å²) in [5.74, 6) is 0. The van der Waals surface area contributed by atoms with Crippen molar-refractivity contribution in [1.29, 1.82) is 0 Å². The van der Waals surface area contributed by atoms with E-state index in [1.54, 1.807) is 5.56 Å². The minimum absolute atomic E-state index is 0.476. The molecule has 15 heavy (non-hydrogen) atoms. The molecule has 82 valence electrons. The van der Waals surface area contributed by atoms with E-state index < -0.39 is 0 Å². The van der Waals surface area contributed by atoms with E-state index >= 15 is 0 Å². The van der Waals surface area contributed by atoms with Crippen molar-refractivity contribution in [2.24, 2.45) is 0 Å². The third-order valence-corrected chi connectivity index (χ3v) is 3.80. The minimum Gasteiger partial charge on any atom is -0.317 e. The lowest BCUT2D eigenvalue weighted by molar-refractivity contribution is 0.164. The lowest BCUT2D eigenvalue weighted by atomic mass is 9.59. The van der Waals surface area contributed by atoms with Crippen LogP contribution in [0.25, 0.3) is 0 Å². The molecule has 0 atom stereocenters. The van der Waals surface area contributed by atoms with Crippen molar-refractivity contribution in [2.45, 2.75) is 44.1 Å². The largest absolute Gasteiger partial charge is 0.317 e. The molecular formula is C14H21N. The second kappa shape index (κ2) is 4.36. The number of hydrogen-bond donors (Lipinski definition) is 1. The smallest absolute Gasteiger partial charge is 0.00810 e. The number of nitrogens with one attached hydrogen (secondary N) is 1. The Morgan fingerprint density at radius 3 is 2.47 bits per heavy atom. The molecule has 0 radical (unpaired) electrons. The van der Waals surface area contributed by atoms with Gasteiger partial charge in [0.1, 0.15) is 0 Å². The van der Waals surface area contributed by atoms with E-state index in [-0.39, 0.29) is 0 Å². The van der Waals surface area contributed by atoms with Crippen molar-refractivity contribution in [3.63, 3.8) is 0 Å². The SMILES string of the molecule is CCCC1(c2ccccc2)CC(NC)C1. The van der Waals surface area contributed by atoms with Gasteiger partial charge in [-0.3, -0.25) is 0 Å². The second-order valence-corrected chi connectivity index (χ2v) is 4.79. The Morgan fingerprint density at radius 2 is 1.93 bits per heavy atom. The van der Waals surface area contributed by atoms with Crippen molar-refractivity contribution in [1.82, 2.24) is 5.32 Å². The van der Waals surface area contributed by atoms with Crippen molar-refractivity contribution < 1.29 is 0 Å². The Kier molecular flexibility index (Phi) is 3.11. The Bertz CT molecular complexity index is 298. The van der Waals surface area contributed by atoms with Crippen LogP contribution in [0.4, 0.5) is 0 Å². The molecule has 0 aromatic heterocycles. The summed E-state index contributed by atoms with van der Waals surface area (Å²) >= 11 is 0. The van der Waals surface area contributed by atoms with Gasteiger partial charge in [-0.1, -0.05) is 43.7 Å². The van der Waals surface area contributed by atoms with Gasteiger partial charge in [-0.05, 0) is 37.3 Å². The van der Waals surface area contributed by atoms with Crippen LogP contribution in [0.2, 0.25) is 0 Å². The molecule has 1 aromatic rings. The molecule has 0 unspecified atom stereocenters. The second-order valence-electron chi connectivity index (χ2n) is 4.79. The molecule has 1 fully saturated rings. The molecule has 0 aliphatic heterocycles. The maximum absolute atomic E-state index is 3.38. The van der Waals surface area contributed by atoms with Crippen LogP contribution in [0.5, 0.6) is 0 Å². The van der Waals surface area contributed by atoms with Crippen molar-refractivity contribution in [3.05, 3.63) is 35.9 Å². The zero-order valence-corrected chi connectivity index (χ0v) is 9.79. The first-order valence-corrected chi connectivity index (χ1v) is 6.03.